The molecule has 1 aromatic carbocycles. The molecule has 1 saturated heterocycles. The van der Waals surface area contributed by atoms with E-state index in [4.69, 9.17) is 11.6 Å². The second-order valence-electron chi connectivity index (χ2n) is 7.47. The van der Waals surface area contributed by atoms with Crippen molar-refractivity contribution >= 4 is 29.0 Å². The number of pyridine rings is 1. The number of amides is 1. The lowest BCUT2D eigenvalue weighted by Gasteiger charge is -2.27. The molecule has 6 nitrogen and oxygen atoms in total. The van der Waals surface area contributed by atoms with Crippen LogP contribution in [0.2, 0.25) is 5.02 Å². The third kappa shape index (κ3) is 3.99. The van der Waals surface area contributed by atoms with Gasteiger partial charge in [-0.1, -0.05) is 43.6 Å². The van der Waals surface area contributed by atoms with Crippen molar-refractivity contribution in [3.05, 3.63) is 41.6 Å². The van der Waals surface area contributed by atoms with Crippen molar-refractivity contribution in [3.8, 4) is 11.1 Å². The van der Waals surface area contributed by atoms with E-state index in [1.54, 1.807) is 24.2 Å². The average molecular weight is 404 g/mol. The van der Waals surface area contributed by atoms with Gasteiger partial charge in [0.05, 0.1) is 30.6 Å². The Hall–Kier alpha value is -2.15. The maximum atomic E-state index is 12.6. The maximum absolute atomic E-state index is 12.6. The predicted octanol–water partition coefficient (Wildman–Crippen LogP) is 2.95. The maximum Gasteiger partial charge on any atom is 0.229 e. The highest BCUT2D eigenvalue weighted by atomic mass is 35.5. The molecule has 1 amide bonds. The number of carbonyl (C=O) groups is 1. The first-order valence-electron chi connectivity index (χ1n) is 9.41. The molecule has 2 N–H and O–H groups in total. The number of carbonyl (C=O) groups excluding carboxylic acids is 1. The summed E-state index contributed by atoms with van der Waals surface area (Å²) in [7, 11) is 1.73. The third-order valence-electron chi connectivity index (χ3n) is 5.12. The Morgan fingerprint density at radius 2 is 2.07 bits per heavy atom. The number of hydrogen-bond acceptors (Lipinski definition) is 5. The number of aliphatic hydroxyl groups is 2. The van der Waals surface area contributed by atoms with Gasteiger partial charge in [-0.2, -0.15) is 0 Å². The summed E-state index contributed by atoms with van der Waals surface area (Å²) in [5.74, 6) is 0.462. The Morgan fingerprint density at radius 1 is 1.36 bits per heavy atom. The molecule has 1 aromatic heterocycles. The lowest BCUT2D eigenvalue weighted by molar-refractivity contribution is -0.121. The van der Waals surface area contributed by atoms with E-state index in [0.29, 0.717) is 29.5 Å². The highest BCUT2D eigenvalue weighted by Gasteiger charge is 2.32. The second-order valence-corrected chi connectivity index (χ2v) is 7.88. The molecule has 0 saturated carbocycles. The van der Waals surface area contributed by atoms with Crippen molar-refractivity contribution in [2.24, 2.45) is 5.92 Å². The molecule has 1 aliphatic rings. The fourth-order valence-electron chi connectivity index (χ4n) is 3.61. The number of β-amino-alcohol motifs (C(OH)–C–C–N with tert-alkyl or cyclic N) is 1. The van der Waals surface area contributed by atoms with Crippen molar-refractivity contribution in [3.63, 3.8) is 0 Å². The smallest absolute Gasteiger partial charge is 0.229 e. The zero-order chi connectivity index (χ0) is 20.4. The van der Waals surface area contributed by atoms with E-state index in [-0.39, 0.29) is 24.5 Å². The Balaban J connectivity index is 2.11. The van der Waals surface area contributed by atoms with Gasteiger partial charge >= 0.3 is 0 Å². The molecular weight excluding hydrogens is 378 g/mol. The molecule has 150 valence electrons. The molecule has 28 heavy (non-hydrogen) atoms. The van der Waals surface area contributed by atoms with Gasteiger partial charge in [-0.05, 0) is 18.6 Å². The zero-order valence-electron chi connectivity index (χ0n) is 16.3. The normalized spacial score (nSPS) is 19.3. The number of halogens is 1. The number of hydrogen-bond donors (Lipinski definition) is 2. The van der Waals surface area contributed by atoms with Gasteiger partial charge < -0.3 is 20.0 Å². The average Bonchev–Trinajstić information content (AvgIpc) is 3.07. The molecule has 0 spiro atoms. The van der Waals surface area contributed by atoms with Crippen molar-refractivity contribution in [2.45, 2.75) is 32.4 Å². The summed E-state index contributed by atoms with van der Waals surface area (Å²) in [5.41, 5.74) is 2.24. The highest BCUT2D eigenvalue weighted by molar-refractivity contribution is 6.33. The summed E-state index contributed by atoms with van der Waals surface area (Å²) in [6, 6.07) is 9.15. The lowest BCUT2D eigenvalue weighted by Crippen LogP contribution is -2.34. The van der Waals surface area contributed by atoms with Crippen LogP contribution < -0.4 is 9.80 Å². The molecule has 7 heteroatoms. The molecule has 1 aliphatic heterocycles. The molecular formula is C21H26ClN3O3. The van der Waals surface area contributed by atoms with Gasteiger partial charge in [-0.15, -0.1) is 0 Å². The molecule has 2 aromatic rings. The summed E-state index contributed by atoms with van der Waals surface area (Å²) in [6.45, 7) is 4.05. The Morgan fingerprint density at radius 3 is 2.71 bits per heavy atom. The van der Waals surface area contributed by atoms with Crippen LogP contribution in [0.5, 0.6) is 0 Å². The summed E-state index contributed by atoms with van der Waals surface area (Å²) < 4.78 is 0. The van der Waals surface area contributed by atoms with E-state index >= 15 is 0 Å². The zero-order valence-corrected chi connectivity index (χ0v) is 17.1. The Labute approximate surface area is 170 Å². The van der Waals surface area contributed by atoms with E-state index in [1.807, 2.05) is 43.0 Å². The Bertz CT molecular complexity index is 859. The minimum atomic E-state index is -0.507. The number of anilines is 2. The first-order valence-corrected chi connectivity index (χ1v) is 9.79. The minimum absolute atomic E-state index is 0.0207. The SMILES string of the molecule is CC(C)C(=O)N(C)c1cnc(N2CC(O)CC2CO)cc1-c1ccccc1Cl. The van der Waals surface area contributed by atoms with E-state index in [1.165, 1.54) is 0 Å². The summed E-state index contributed by atoms with van der Waals surface area (Å²) in [6.07, 6.45) is 1.65. The summed E-state index contributed by atoms with van der Waals surface area (Å²) in [4.78, 5) is 20.6. The predicted molar refractivity (Wildman–Crippen MR) is 112 cm³/mol. The minimum Gasteiger partial charge on any atom is -0.394 e. The fraction of sp³-hybridized carbons (Fsp3) is 0.429. The topological polar surface area (TPSA) is 76.9 Å². The second kappa shape index (κ2) is 8.47. The standard InChI is InChI=1S/C21H26ClN3O3/c1-13(2)21(28)24(3)19-10-23-20(25-11-15(27)8-14(25)12-26)9-17(19)16-6-4-5-7-18(16)22/h4-7,9-10,13-15,26-27H,8,11-12H2,1-3H3. The van der Waals surface area contributed by atoms with Crippen LogP contribution in [0.25, 0.3) is 11.1 Å². The molecule has 0 radical (unpaired) electrons. The van der Waals surface area contributed by atoms with Gasteiger partial charge in [0.15, 0.2) is 0 Å². The molecule has 0 aliphatic carbocycles. The van der Waals surface area contributed by atoms with E-state index < -0.39 is 6.10 Å². The number of aromatic nitrogens is 1. The molecule has 2 atom stereocenters. The van der Waals surface area contributed by atoms with Crippen LogP contribution in [0, 0.1) is 5.92 Å². The van der Waals surface area contributed by atoms with E-state index in [2.05, 4.69) is 4.98 Å². The molecule has 0 bridgehead atoms. The van der Waals surface area contributed by atoms with Gasteiger partial charge in [0, 0.05) is 35.7 Å². The number of nitrogens with zero attached hydrogens (tertiary/aromatic N) is 3. The van der Waals surface area contributed by atoms with Crippen molar-refractivity contribution in [2.75, 3.05) is 30.0 Å². The molecule has 1 fully saturated rings. The van der Waals surface area contributed by atoms with Crippen molar-refractivity contribution in [1.82, 2.24) is 4.98 Å². The summed E-state index contributed by atoms with van der Waals surface area (Å²) >= 11 is 6.45. The van der Waals surface area contributed by atoms with Gasteiger partial charge in [0.25, 0.3) is 0 Å². The van der Waals surface area contributed by atoms with Crippen LogP contribution in [0.1, 0.15) is 20.3 Å². The number of benzene rings is 1. The first kappa shape index (κ1) is 20.6. The van der Waals surface area contributed by atoms with Gasteiger partial charge in [0.1, 0.15) is 5.82 Å². The van der Waals surface area contributed by atoms with Crippen molar-refractivity contribution in [1.29, 1.82) is 0 Å². The quantitative estimate of drug-likeness (QED) is 0.802. The lowest BCUT2D eigenvalue weighted by atomic mass is 10.0. The van der Waals surface area contributed by atoms with E-state index in [9.17, 15) is 15.0 Å². The van der Waals surface area contributed by atoms with Gasteiger partial charge in [0.2, 0.25) is 5.91 Å². The van der Waals surface area contributed by atoms with Crippen LogP contribution in [0.15, 0.2) is 36.5 Å². The molecule has 2 unspecified atom stereocenters. The van der Waals surface area contributed by atoms with E-state index in [0.717, 1.165) is 11.1 Å². The third-order valence-corrected chi connectivity index (χ3v) is 5.45. The first-order chi connectivity index (χ1) is 13.3. The fourth-order valence-corrected chi connectivity index (χ4v) is 3.85. The number of rotatable bonds is 5. The summed E-state index contributed by atoms with van der Waals surface area (Å²) in [5, 5.41) is 20.3. The van der Waals surface area contributed by atoms with Crippen LogP contribution in [0.3, 0.4) is 0 Å². The monoisotopic (exact) mass is 403 g/mol. The highest BCUT2D eigenvalue weighted by Crippen LogP contribution is 2.38. The van der Waals surface area contributed by atoms with Crippen LogP contribution in [-0.2, 0) is 4.79 Å². The van der Waals surface area contributed by atoms with Gasteiger partial charge in [-0.25, -0.2) is 4.98 Å². The van der Waals surface area contributed by atoms with Crippen LogP contribution in [-0.4, -0.2) is 53.4 Å². The molecule has 2 heterocycles. The van der Waals surface area contributed by atoms with Crippen LogP contribution in [0.4, 0.5) is 11.5 Å². The van der Waals surface area contributed by atoms with Gasteiger partial charge in [-0.3, -0.25) is 4.79 Å². The Kier molecular flexibility index (Phi) is 6.23. The van der Waals surface area contributed by atoms with Crippen LogP contribution >= 0.6 is 11.6 Å². The largest absolute Gasteiger partial charge is 0.394 e. The number of aliphatic hydroxyl groups excluding tert-OH is 2. The molecule has 3 rings (SSSR count). The van der Waals surface area contributed by atoms with Crippen molar-refractivity contribution < 1.29 is 15.0 Å².